The van der Waals surface area contributed by atoms with Crippen molar-refractivity contribution in [1.29, 1.82) is 5.26 Å². The zero-order chi connectivity index (χ0) is 11.4. The van der Waals surface area contributed by atoms with Gasteiger partial charge in [-0.2, -0.15) is 5.26 Å². The summed E-state index contributed by atoms with van der Waals surface area (Å²) in [5.41, 5.74) is 1.06. The molecule has 2 rings (SSSR count). The second-order valence-electron chi connectivity index (χ2n) is 4.05. The minimum atomic E-state index is -0.103. The summed E-state index contributed by atoms with van der Waals surface area (Å²) in [5.74, 6) is 0.835. The van der Waals surface area contributed by atoms with E-state index in [0.29, 0.717) is 0 Å². The quantitative estimate of drug-likeness (QED) is 0.778. The SMILES string of the molecule is COc1ccc([C@@H](C#N)N2CCCC2)cc1. The van der Waals surface area contributed by atoms with Gasteiger partial charge in [-0.3, -0.25) is 4.90 Å². The van der Waals surface area contributed by atoms with Crippen LogP contribution in [0.15, 0.2) is 24.3 Å². The van der Waals surface area contributed by atoms with E-state index in [2.05, 4.69) is 11.0 Å². The number of rotatable bonds is 3. The van der Waals surface area contributed by atoms with E-state index < -0.39 is 0 Å². The summed E-state index contributed by atoms with van der Waals surface area (Å²) in [6, 6.07) is 10.1. The van der Waals surface area contributed by atoms with E-state index in [9.17, 15) is 5.26 Å². The fourth-order valence-corrected chi connectivity index (χ4v) is 2.15. The van der Waals surface area contributed by atoms with E-state index >= 15 is 0 Å². The van der Waals surface area contributed by atoms with Gasteiger partial charge in [0.1, 0.15) is 11.8 Å². The molecule has 1 aliphatic rings. The number of hydrogen-bond acceptors (Lipinski definition) is 3. The molecule has 0 aromatic heterocycles. The first kappa shape index (κ1) is 11.0. The highest BCUT2D eigenvalue weighted by Gasteiger charge is 2.22. The van der Waals surface area contributed by atoms with Crippen LogP contribution in [-0.2, 0) is 0 Å². The van der Waals surface area contributed by atoms with E-state index in [1.807, 2.05) is 24.3 Å². The summed E-state index contributed by atoms with van der Waals surface area (Å²) >= 11 is 0. The van der Waals surface area contributed by atoms with Crippen LogP contribution in [0.25, 0.3) is 0 Å². The van der Waals surface area contributed by atoms with E-state index in [-0.39, 0.29) is 6.04 Å². The zero-order valence-electron chi connectivity index (χ0n) is 9.52. The summed E-state index contributed by atoms with van der Waals surface area (Å²) in [6.07, 6.45) is 2.41. The maximum atomic E-state index is 9.24. The minimum absolute atomic E-state index is 0.103. The molecule has 1 aromatic rings. The Bertz CT molecular complexity index is 374. The van der Waals surface area contributed by atoms with Crippen molar-refractivity contribution >= 4 is 0 Å². The van der Waals surface area contributed by atoms with Gasteiger partial charge in [0.25, 0.3) is 0 Å². The molecule has 0 aliphatic carbocycles. The molecule has 1 atom stereocenters. The van der Waals surface area contributed by atoms with Crippen LogP contribution >= 0.6 is 0 Å². The van der Waals surface area contributed by atoms with Crippen LogP contribution in [0.3, 0.4) is 0 Å². The maximum Gasteiger partial charge on any atom is 0.123 e. The third-order valence-electron chi connectivity index (χ3n) is 3.06. The Kier molecular flexibility index (Phi) is 3.43. The predicted octanol–water partition coefficient (Wildman–Crippen LogP) is 2.36. The largest absolute Gasteiger partial charge is 0.497 e. The molecule has 1 fully saturated rings. The first-order valence-corrected chi connectivity index (χ1v) is 5.63. The topological polar surface area (TPSA) is 36.3 Å². The van der Waals surface area contributed by atoms with Crippen molar-refractivity contribution in [3.05, 3.63) is 29.8 Å². The van der Waals surface area contributed by atoms with Gasteiger partial charge in [-0.1, -0.05) is 12.1 Å². The molecule has 0 radical (unpaired) electrons. The van der Waals surface area contributed by atoms with Gasteiger partial charge in [0.15, 0.2) is 0 Å². The molecule has 1 heterocycles. The smallest absolute Gasteiger partial charge is 0.123 e. The summed E-state index contributed by atoms with van der Waals surface area (Å²) < 4.78 is 5.11. The van der Waals surface area contributed by atoms with Crippen molar-refractivity contribution in [2.75, 3.05) is 20.2 Å². The lowest BCUT2D eigenvalue weighted by atomic mass is 10.1. The Morgan fingerprint density at radius 1 is 1.25 bits per heavy atom. The predicted molar refractivity (Wildman–Crippen MR) is 62.2 cm³/mol. The summed E-state index contributed by atoms with van der Waals surface area (Å²) in [7, 11) is 1.65. The minimum Gasteiger partial charge on any atom is -0.497 e. The first-order chi connectivity index (χ1) is 7.85. The van der Waals surface area contributed by atoms with Gasteiger partial charge in [0.2, 0.25) is 0 Å². The molecular formula is C13H16N2O. The fourth-order valence-electron chi connectivity index (χ4n) is 2.15. The highest BCUT2D eigenvalue weighted by molar-refractivity contribution is 5.31. The highest BCUT2D eigenvalue weighted by Crippen LogP contribution is 2.25. The lowest BCUT2D eigenvalue weighted by Crippen LogP contribution is -2.24. The van der Waals surface area contributed by atoms with Crippen molar-refractivity contribution in [2.45, 2.75) is 18.9 Å². The van der Waals surface area contributed by atoms with Crippen LogP contribution < -0.4 is 4.74 Å². The van der Waals surface area contributed by atoms with E-state index in [1.54, 1.807) is 7.11 Å². The van der Waals surface area contributed by atoms with Crippen molar-refractivity contribution in [3.8, 4) is 11.8 Å². The second kappa shape index (κ2) is 5.00. The van der Waals surface area contributed by atoms with E-state index in [1.165, 1.54) is 12.8 Å². The van der Waals surface area contributed by atoms with Gasteiger partial charge in [-0.25, -0.2) is 0 Å². The average molecular weight is 216 g/mol. The van der Waals surface area contributed by atoms with Gasteiger partial charge in [0.05, 0.1) is 13.2 Å². The number of ether oxygens (including phenoxy) is 1. The Labute approximate surface area is 96.2 Å². The van der Waals surface area contributed by atoms with Gasteiger partial charge >= 0.3 is 0 Å². The van der Waals surface area contributed by atoms with Gasteiger partial charge in [0, 0.05) is 0 Å². The number of hydrogen-bond donors (Lipinski definition) is 0. The molecule has 0 spiro atoms. The summed E-state index contributed by atoms with van der Waals surface area (Å²) in [5, 5.41) is 9.24. The molecule has 0 amide bonds. The molecule has 1 aliphatic heterocycles. The van der Waals surface area contributed by atoms with Crippen LogP contribution in [0.5, 0.6) is 5.75 Å². The molecule has 3 nitrogen and oxygen atoms in total. The maximum absolute atomic E-state index is 9.24. The van der Waals surface area contributed by atoms with Crippen LogP contribution in [0.2, 0.25) is 0 Å². The zero-order valence-corrected chi connectivity index (χ0v) is 9.52. The normalized spacial score (nSPS) is 18.0. The Hall–Kier alpha value is -1.53. The lowest BCUT2D eigenvalue weighted by molar-refractivity contribution is 0.294. The van der Waals surface area contributed by atoms with Gasteiger partial charge in [-0.05, 0) is 43.6 Å². The monoisotopic (exact) mass is 216 g/mol. The molecule has 0 unspecified atom stereocenters. The van der Waals surface area contributed by atoms with Crippen molar-refractivity contribution in [3.63, 3.8) is 0 Å². The molecule has 0 bridgehead atoms. The fraction of sp³-hybridized carbons (Fsp3) is 0.462. The van der Waals surface area contributed by atoms with Gasteiger partial charge < -0.3 is 4.74 Å². The van der Waals surface area contributed by atoms with E-state index in [0.717, 1.165) is 24.4 Å². The molecular weight excluding hydrogens is 200 g/mol. The third-order valence-corrected chi connectivity index (χ3v) is 3.06. The van der Waals surface area contributed by atoms with Crippen molar-refractivity contribution < 1.29 is 4.74 Å². The average Bonchev–Trinajstić information content (AvgIpc) is 2.85. The van der Waals surface area contributed by atoms with Crippen molar-refractivity contribution in [1.82, 2.24) is 4.90 Å². The van der Waals surface area contributed by atoms with E-state index in [4.69, 9.17) is 4.74 Å². The number of likely N-dealkylation sites (tertiary alicyclic amines) is 1. The highest BCUT2D eigenvalue weighted by atomic mass is 16.5. The Balaban J connectivity index is 2.16. The standard InChI is InChI=1S/C13H16N2O/c1-16-12-6-4-11(5-7-12)13(10-14)15-8-2-3-9-15/h4-7,13H,2-3,8-9H2,1H3/t13-/m1/s1. The molecule has 84 valence electrons. The summed E-state index contributed by atoms with van der Waals surface area (Å²) in [6.45, 7) is 2.06. The lowest BCUT2D eigenvalue weighted by Gasteiger charge is -2.21. The Morgan fingerprint density at radius 2 is 1.88 bits per heavy atom. The van der Waals surface area contributed by atoms with Crippen LogP contribution in [0.1, 0.15) is 24.4 Å². The van der Waals surface area contributed by atoms with Crippen LogP contribution in [0, 0.1) is 11.3 Å². The van der Waals surface area contributed by atoms with Crippen LogP contribution in [-0.4, -0.2) is 25.1 Å². The number of benzene rings is 1. The second-order valence-corrected chi connectivity index (χ2v) is 4.05. The molecule has 16 heavy (non-hydrogen) atoms. The third kappa shape index (κ3) is 2.17. The number of nitrogens with zero attached hydrogens (tertiary/aromatic N) is 2. The molecule has 0 N–H and O–H groups in total. The first-order valence-electron chi connectivity index (χ1n) is 5.63. The molecule has 0 saturated carbocycles. The number of nitriles is 1. The van der Waals surface area contributed by atoms with Crippen molar-refractivity contribution in [2.24, 2.45) is 0 Å². The Morgan fingerprint density at radius 3 is 2.38 bits per heavy atom. The number of methoxy groups -OCH3 is 1. The molecule has 1 aromatic carbocycles. The molecule has 3 heteroatoms. The molecule has 1 saturated heterocycles. The summed E-state index contributed by atoms with van der Waals surface area (Å²) in [4.78, 5) is 2.24. The van der Waals surface area contributed by atoms with Crippen LogP contribution in [0.4, 0.5) is 0 Å². The van der Waals surface area contributed by atoms with Gasteiger partial charge in [-0.15, -0.1) is 0 Å².